The van der Waals surface area contributed by atoms with Crippen LogP contribution in [0.5, 0.6) is 0 Å². The lowest BCUT2D eigenvalue weighted by Crippen LogP contribution is -2.27. The van der Waals surface area contributed by atoms with E-state index in [1.165, 1.54) is 77.0 Å². The molecule has 0 spiro atoms. The van der Waals surface area contributed by atoms with E-state index in [0.29, 0.717) is 12.8 Å². The molecular weight excluding hydrogens is 689 g/mol. The fraction of sp³-hybridized carbons (Fsp3) is 0.721. The Kier molecular flexibility index (Phi) is 37.7. The summed E-state index contributed by atoms with van der Waals surface area (Å²) in [6.45, 7) is 3.36. The van der Waals surface area contributed by atoms with Gasteiger partial charge in [0.1, 0.15) is 12.7 Å². The van der Waals surface area contributed by atoms with Crippen molar-refractivity contribution >= 4 is 19.7 Å². The van der Waals surface area contributed by atoms with Gasteiger partial charge in [0.05, 0.1) is 13.2 Å². The topological polar surface area (TPSA) is 131 Å². The number of unbranched alkanes of at least 4 members (excludes halogenated alkanes) is 15. The maximum absolute atomic E-state index is 12.1. The van der Waals surface area contributed by atoms with Crippen molar-refractivity contribution in [3.8, 4) is 0 Å². The number of amides is 1. The molecule has 9 nitrogen and oxygen atoms in total. The zero-order chi connectivity index (χ0) is 38.9. The molecule has 0 aromatic carbocycles. The first-order valence-corrected chi connectivity index (χ1v) is 22.3. The monoisotopic (exact) mass is 766 g/mol. The number of aliphatic hydroxyl groups is 1. The van der Waals surface area contributed by atoms with Gasteiger partial charge >= 0.3 is 13.8 Å². The lowest BCUT2D eigenvalue weighted by molar-refractivity contribution is -0.147. The fourth-order valence-electron chi connectivity index (χ4n) is 5.36. The molecule has 0 saturated heterocycles. The number of aliphatic hydroxyl groups excluding tert-OH is 1. The Morgan fingerprint density at radius 1 is 0.604 bits per heavy atom. The van der Waals surface area contributed by atoms with E-state index in [1.54, 1.807) is 0 Å². The van der Waals surface area contributed by atoms with Crippen LogP contribution < -0.4 is 5.32 Å². The Balaban J connectivity index is 3.69. The zero-order valence-corrected chi connectivity index (χ0v) is 34.3. The summed E-state index contributed by atoms with van der Waals surface area (Å²) in [6, 6.07) is 0. The first-order chi connectivity index (χ1) is 25.8. The smallest absolute Gasteiger partial charge is 0.463 e. The molecule has 0 aromatic heterocycles. The second-order valence-corrected chi connectivity index (χ2v) is 15.0. The predicted octanol–water partition coefficient (Wildman–Crippen LogP) is 11.3. The van der Waals surface area contributed by atoms with Gasteiger partial charge in [-0.1, -0.05) is 164 Å². The van der Waals surface area contributed by atoms with Crippen molar-refractivity contribution in [2.24, 2.45) is 0 Å². The van der Waals surface area contributed by atoms with Crippen molar-refractivity contribution in [2.45, 2.75) is 174 Å². The van der Waals surface area contributed by atoms with Crippen molar-refractivity contribution < 1.29 is 37.9 Å². The minimum Gasteiger partial charge on any atom is -0.463 e. The lowest BCUT2D eigenvalue weighted by Gasteiger charge is -2.15. The maximum Gasteiger partial charge on any atom is 0.472 e. The number of carbonyl (C=O) groups is 2. The molecule has 0 bridgehead atoms. The molecule has 306 valence electrons. The van der Waals surface area contributed by atoms with Gasteiger partial charge < -0.3 is 20.1 Å². The number of esters is 1. The van der Waals surface area contributed by atoms with Crippen LogP contribution in [0, 0.1) is 0 Å². The fourth-order valence-corrected chi connectivity index (χ4v) is 6.11. The van der Waals surface area contributed by atoms with Gasteiger partial charge in [0, 0.05) is 19.4 Å². The molecule has 3 N–H and O–H groups in total. The van der Waals surface area contributed by atoms with Crippen molar-refractivity contribution in [2.75, 3.05) is 26.4 Å². The third-order valence-corrected chi connectivity index (χ3v) is 9.45. The van der Waals surface area contributed by atoms with Gasteiger partial charge in [0.2, 0.25) is 5.91 Å². The minimum absolute atomic E-state index is 0.0495. The van der Waals surface area contributed by atoms with E-state index in [9.17, 15) is 24.2 Å². The molecule has 0 aliphatic carbocycles. The molecule has 0 saturated carbocycles. The van der Waals surface area contributed by atoms with E-state index in [0.717, 1.165) is 57.8 Å². The highest BCUT2D eigenvalue weighted by molar-refractivity contribution is 7.47. The SMILES string of the molecule is CC/C=C\C/C=C\C/C=C\C/C=C\C/C=C\CCCC(=O)NCCOP(=O)(O)OCC(O)COC(=O)CCCCCCCCCCCCCCCCC. The summed E-state index contributed by atoms with van der Waals surface area (Å²) in [4.78, 5) is 33.8. The number of ether oxygens (including phenoxy) is 1. The van der Waals surface area contributed by atoms with Crippen LogP contribution in [-0.2, 0) is 27.9 Å². The van der Waals surface area contributed by atoms with E-state index < -0.39 is 26.5 Å². The molecule has 0 rings (SSSR count). The molecule has 0 radical (unpaired) electrons. The first kappa shape index (κ1) is 50.7. The molecule has 2 atom stereocenters. The van der Waals surface area contributed by atoms with Crippen LogP contribution in [-0.4, -0.2) is 54.3 Å². The molecule has 0 aliphatic heterocycles. The number of allylic oxidation sites excluding steroid dienone is 10. The molecule has 10 heteroatoms. The van der Waals surface area contributed by atoms with Gasteiger partial charge in [0.15, 0.2) is 0 Å². The molecule has 0 aliphatic rings. The van der Waals surface area contributed by atoms with Gasteiger partial charge in [0.25, 0.3) is 0 Å². The van der Waals surface area contributed by atoms with Crippen LogP contribution in [0.25, 0.3) is 0 Å². The van der Waals surface area contributed by atoms with Crippen LogP contribution in [0.3, 0.4) is 0 Å². The zero-order valence-electron chi connectivity index (χ0n) is 33.4. The van der Waals surface area contributed by atoms with Crippen LogP contribution >= 0.6 is 7.82 Å². The second kappa shape index (κ2) is 39.4. The average molecular weight is 766 g/mol. The van der Waals surface area contributed by atoms with Gasteiger partial charge in [-0.15, -0.1) is 0 Å². The lowest BCUT2D eigenvalue weighted by atomic mass is 10.0. The quantitative estimate of drug-likeness (QED) is 0.0245. The number of rotatable bonds is 38. The third-order valence-electron chi connectivity index (χ3n) is 8.46. The summed E-state index contributed by atoms with van der Waals surface area (Å²) in [5.74, 6) is -0.577. The number of hydrogen-bond acceptors (Lipinski definition) is 7. The van der Waals surface area contributed by atoms with E-state index in [-0.39, 0.29) is 32.1 Å². The summed E-state index contributed by atoms with van der Waals surface area (Å²) < 4.78 is 26.8. The Bertz CT molecular complexity index is 1050. The molecule has 0 fully saturated rings. The van der Waals surface area contributed by atoms with Crippen molar-refractivity contribution in [3.63, 3.8) is 0 Å². The Morgan fingerprint density at radius 2 is 1.08 bits per heavy atom. The van der Waals surface area contributed by atoms with E-state index in [4.69, 9.17) is 13.8 Å². The van der Waals surface area contributed by atoms with Crippen molar-refractivity contribution in [1.82, 2.24) is 5.32 Å². The molecular formula is C43H76NO8P. The normalized spacial score (nSPS) is 14.0. The first-order valence-electron chi connectivity index (χ1n) is 20.8. The van der Waals surface area contributed by atoms with E-state index in [1.807, 2.05) is 0 Å². The summed E-state index contributed by atoms with van der Waals surface area (Å²) >= 11 is 0. The van der Waals surface area contributed by atoms with Gasteiger partial charge in [-0.25, -0.2) is 4.57 Å². The van der Waals surface area contributed by atoms with Crippen LogP contribution in [0.1, 0.15) is 168 Å². The van der Waals surface area contributed by atoms with Crippen LogP contribution in [0.4, 0.5) is 0 Å². The minimum atomic E-state index is -4.43. The molecule has 0 aromatic rings. The number of phosphoric ester groups is 1. The van der Waals surface area contributed by atoms with E-state index >= 15 is 0 Å². The van der Waals surface area contributed by atoms with Crippen molar-refractivity contribution in [3.05, 3.63) is 60.8 Å². The second-order valence-electron chi connectivity index (χ2n) is 13.6. The Labute approximate surface area is 323 Å². The van der Waals surface area contributed by atoms with Crippen molar-refractivity contribution in [1.29, 1.82) is 0 Å². The number of nitrogens with one attached hydrogen (secondary N) is 1. The number of carbonyl (C=O) groups excluding carboxylic acids is 2. The maximum atomic E-state index is 12.1. The Hall–Kier alpha value is -2.29. The molecule has 53 heavy (non-hydrogen) atoms. The highest BCUT2D eigenvalue weighted by Gasteiger charge is 2.23. The van der Waals surface area contributed by atoms with Gasteiger partial charge in [-0.2, -0.15) is 0 Å². The summed E-state index contributed by atoms with van der Waals surface area (Å²) in [7, 11) is -4.43. The van der Waals surface area contributed by atoms with Gasteiger partial charge in [-0.3, -0.25) is 18.6 Å². The molecule has 1 amide bonds. The third kappa shape index (κ3) is 40.7. The molecule has 0 heterocycles. The highest BCUT2D eigenvalue weighted by atomic mass is 31.2. The standard InChI is InChI=1S/C43H76NO8P/c1-3-5-7-9-11-13-15-17-19-20-22-23-25-27-29-31-33-35-42(46)44-37-38-51-53(48,49)52-40-41(45)39-50-43(47)36-34-32-30-28-26-24-21-18-16-14-12-10-8-6-4-2/h5,7,11,13,17,19,22-23,27,29,41,45H,3-4,6,8-10,12,14-16,18,20-21,24-26,28,30-40H2,1-2H3,(H,44,46)(H,48,49)/b7-5-,13-11-,19-17-,23-22-,29-27-. The average Bonchev–Trinajstić information content (AvgIpc) is 3.14. The van der Waals surface area contributed by atoms with Crippen LogP contribution in [0.15, 0.2) is 60.8 Å². The van der Waals surface area contributed by atoms with E-state index in [2.05, 4.69) is 79.9 Å². The largest absolute Gasteiger partial charge is 0.472 e. The number of hydrogen-bond donors (Lipinski definition) is 3. The summed E-state index contributed by atoms with van der Waals surface area (Å²) in [5, 5.41) is 12.6. The summed E-state index contributed by atoms with van der Waals surface area (Å²) in [6.07, 6.45) is 45.8. The Morgan fingerprint density at radius 3 is 1.58 bits per heavy atom. The van der Waals surface area contributed by atoms with Crippen LogP contribution in [0.2, 0.25) is 0 Å². The van der Waals surface area contributed by atoms with Gasteiger partial charge in [-0.05, 0) is 51.4 Å². The molecule has 2 unspecified atom stereocenters. The predicted molar refractivity (Wildman–Crippen MR) is 220 cm³/mol. The summed E-state index contributed by atoms with van der Waals surface area (Å²) in [5.41, 5.74) is 0. The number of phosphoric acid groups is 1. The highest BCUT2D eigenvalue weighted by Crippen LogP contribution is 2.42.